The second kappa shape index (κ2) is 8.56. The fourth-order valence-electron chi connectivity index (χ4n) is 3.51. The molecule has 0 saturated carbocycles. The summed E-state index contributed by atoms with van der Waals surface area (Å²) in [4.78, 5) is 23.6. The smallest absolute Gasteiger partial charge is 0.353 e. The predicted molar refractivity (Wildman–Crippen MR) is 110 cm³/mol. The third kappa shape index (κ3) is 4.87. The van der Waals surface area contributed by atoms with E-state index in [0.29, 0.717) is 32.0 Å². The van der Waals surface area contributed by atoms with E-state index in [1.165, 1.54) is 29.8 Å². The number of nitrogens with zero attached hydrogens (tertiary/aromatic N) is 6. The van der Waals surface area contributed by atoms with Crippen LogP contribution in [-0.2, 0) is 12.7 Å². The fraction of sp³-hybridized carbons (Fsp3) is 0.333. The minimum atomic E-state index is -4.54. The zero-order valence-corrected chi connectivity index (χ0v) is 17.2. The zero-order valence-electron chi connectivity index (χ0n) is 17.2. The van der Waals surface area contributed by atoms with Gasteiger partial charge >= 0.3 is 6.18 Å². The van der Waals surface area contributed by atoms with Gasteiger partial charge < -0.3 is 9.80 Å². The zero-order chi connectivity index (χ0) is 22.9. The van der Waals surface area contributed by atoms with Crippen molar-refractivity contribution in [1.82, 2.24) is 19.7 Å². The van der Waals surface area contributed by atoms with E-state index in [9.17, 15) is 22.4 Å². The Morgan fingerprint density at radius 3 is 2.16 bits per heavy atom. The Labute approximate surface area is 180 Å². The monoisotopic (exact) mass is 448 g/mol. The van der Waals surface area contributed by atoms with Crippen LogP contribution in [0.2, 0.25) is 0 Å². The predicted octanol–water partition coefficient (Wildman–Crippen LogP) is 2.87. The van der Waals surface area contributed by atoms with Gasteiger partial charge in [0.2, 0.25) is 0 Å². The highest BCUT2D eigenvalue weighted by Gasteiger charge is 2.34. The van der Waals surface area contributed by atoms with Gasteiger partial charge in [-0.3, -0.25) is 4.79 Å². The van der Waals surface area contributed by atoms with E-state index in [0.717, 1.165) is 11.6 Å². The first kappa shape index (κ1) is 21.7. The molecule has 1 aliphatic rings. The highest BCUT2D eigenvalue weighted by atomic mass is 19.4. The van der Waals surface area contributed by atoms with Crippen LogP contribution in [0.1, 0.15) is 17.1 Å². The lowest BCUT2D eigenvalue weighted by Crippen LogP contribution is -2.47. The van der Waals surface area contributed by atoms with Crippen LogP contribution < -0.4 is 15.4 Å². The van der Waals surface area contributed by atoms with E-state index in [1.807, 2.05) is 4.90 Å². The van der Waals surface area contributed by atoms with Gasteiger partial charge in [-0.2, -0.15) is 18.3 Å². The summed E-state index contributed by atoms with van der Waals surface area (Å²) in [5, 5.41) is 4.42. The molecule has 11 heteroatoms. The number of halogens is 4. The van der Waals surface area contributed by atoms with Crippen LogP contribution in [0.4, 0.5) is 29.2 Å². The number of hydrogen-bond donors (Lipinski definition) is 0. The molecule has 0 bridgehead atoms. The standard InChI is InChI=1S/C21H20F4N6O/c1-14-26-17(21(23,24)25)12-19(27-14)30-10-8-29(9-11-30)18-6-7-20(32)31(28-18)13-15-2-4-16(22)5-3-15/h2-7,12H,8-11,13H2,1H3. The summed E-state index contributed by atoms with van der Waals surface area (Å²) < 4.78 is 53.6. The average molecular weight is 448 g/mol. The van der Waals surface area contributed by atoms with Crippen molar-refractivity contribution in [1.29, 1.82) is 0 Å². The molecule has 1 aliphatic heterocycles. The molecule has 3 aromatic rings. The molecular weight excluding hydrogens is 428 g/mol. The molecule has 0 radical (unpaired) electrons. The first-order valence-corrected chi connectivity index (χ1v) is 9.94. The maximum Gasteiger partial charge on any atom is 0.433 e. The van der Waals surface area contributed by atoms with Gasteiger partial charge in [-0.1, -0.05) is 12.1 Å². The van der Waals surface area contributed by atoms with Crippen LogP contribution in [0.3, 0.4) is 0 Å². The van der Waals surface area contributed by atoms with Crippen molar-refractivity contribution in [3.8, 4) is 0 Å². The Kier molecular flexibility index (Phi) is 5.81. The Balaban J connectivity index is 1.47. The summed E-state index contributed by atoms with van der Waals surface area (Å²) in [5.41, 5.74) is -0.507. The molecule has 0 atom stereocenters. The minimum absolute atomic E-state index is 0.0618. The number of benzene rings is 1. The van der Waals surface area contributed by atoms with Gasteiger partial charge in [-0.05, 0) is 30.7 Å². The molecule has 1 aromatic carbocycles. The lowest BCUT2D eigenvalue weighted by Gasteiger charge is -2.36. The van der Waals surface area contributed by atoms with Crippen LogP contribution in [0.15, 0.2) is 47.3 Å². The van der Waals surface area contributed by atoms with Crippen LogP contribution in [0.5, 0.6) is 0 Å². The highest BCUT2D eigenvalue weighted by molar-refractivity contribution is 5.45. The molecule has 4 rings (SSSR count). The molecule has 2 aromatic heterocycles. The lowest BCUT2D eigenvalue weighted by molar-refractivity contribution is -0.141. The van der Waals surface area contributed by atoms with E-state index < -0.39 is 11.9 Å². The second-order valence-corrected chi connectivity index (χ2v) is 7.44. The highest BCUT2D eigenvalue weighted by Crippen LogP contribution is 2.30. The molecule has 3 heterocycles. The molecule has 168 valence electrons. The van der Waals surface area contributed by atoms with Crippen LogP contribution in [0.25, 0.3) is 0 Å². The molecule has 0 amide bonds. The number of anilines is 2. The van der Waals surface area contributed by atoms with Gasteiger partial charge in [-0.25, -0.2) is 19.0 Å². The van der Waals surface area contributed by atoms with E-state index >= 15 is 0 Å². The van der Waals surface area contributed by atoms with Crippen molar-refractivity contribution >= 4 is 11.6 Å². The van der Waals surface area contributed by atoms with E-state index in [4.69, 9.17) is 0 Å². The number of alkyl halides is 3. The van der Waals surface area contributed by atoms with Gasteiger partial charge in [0.1, 0.15) is 29.0 Å². The summed E-state index contributed by atoms with van der Waals surface area (Å²) in [5.74, 6) is 0.522. The van der Waals surface area contributed by atoms with Crippen molar-refractivity contribution in [2.45, 2.75) is 19.6 Å². The SMILES string of the molecule is Cc1nc(N2CCN(c3ccc(=O)n(Cc4ccc(F)cc4)n3)CC2)cc(C(F)(F)F)n1. The number of aromatic nitrogens is 4. The maximum absolute atomic E-state index is 13.1. The van der Waals surface area contributed by atoms with Gasteiger partial charge in [0.25, 0.3) is 5.56 Å². The van der Waals surface area contributed by atoms with Crippen molar-refractivity contribution in [2.75, 3.05) is 36.0 Å². The van der Waals surface area contributed by atoms with Gasteiger partial charge in [0, 0.05) is 38.3 Å². The normalized spacial score (nSPS) is 14.7. The summed E-state index contributed by atoms with van der Waals surface area (Å²) in [7, 11) is 0. The molecule has 1 saturated heterocycles. The largest absolute Gasteiger partial charge is 0.433 e. The number of hydrogen-bond acceptors (Lipinski definition) is 6. The lowest BCUT2D eigenvalue weighted by atomic mass is 10.2. The van der Waals surface area contributed by atoms with Crippen LogP contribution >= 0.6 is 0 Å². The first-order chi connectivity index (χ1) is 15.2. The summed E-state index contributed by atoms with van der Waals surface area (Å²) in [6, 6.07) is 9.83. The van der Waals surface area contributed by atoms with Crippen molar-refractivity contribution < 1.29 is 17.6 Å². The number of piperazine rings is 1. The van der Waals surface area contributed by atoms with Crippen molar-refractivity contribution in [3.63, 3.8) is 0 Å². The molecule has 32 heavy (non-hydrogen) atoms. The Hall–Kier alpha value is -3.50. The molecule has 0 spiro atoms. The Morgan fingerprint density at radius 2 is 1.53 bits per heavy atom. The van der Waals surface area contributed by atoms with Crippen molar-refractivity contribution in [2.24, 2.45) is 0 Å². The van der Waals surface area contributed by atoms with Gasteiger partial charge in [-0.15, -0.1) is 0 Å². The molecule has 7 nitrogen and oxygen atoms in total. The second-order valence-electron chi connectivity index (χ2n) is 7.44. The number of rotatable bonds is 4. The van der Waals surface area contributed by atoms with E-state index in [1.54, 1.807) is 23.1 Å². The van der Waals surface area contributed by atoms with Crippen LogP contribution in [0, 0.1) is 12.7 Å². The molecule has 0 unspecified atom stereocenters. The van der Waals surface area contributed by atoms with Crippen molar-refractivity contribution in [3.05, 3.63) is 75.7 Å². The number of aryl methyl sites for hydroxylation is 1. The maximum atomic E-state index is 13.1. The molecule has 0 aliphatic carbocycles. The summed E-state index contributed by atoms with van der Waals surface area (Å²) in [6.45, 7) is 3.49. The summed E-state index contributed by atoms with van der Waals surface area (Å²) >= 11 is 0. The third-order valence-corrected chi connectivity index (χ3v) is 5.14. The Morgan fingerprint density at radius 1 is 0.906 bits per heavy atom. The van der Waals surface area contributed by atoms with Gasteiger partial charge in [0.15, 0.2) is 0 Å². The minimum Gasteiger partial charge on any atom is -0.353 e. The average Bonchev–Trinajstić information content (AvgIpc) is 2.76. The molecule has 0 N–H and O–H groups in total. The fourth-order valence-corrected chi connectivity index (χ4v) is 3.51. The van der Waals surface area contributed by atoms with E-state index in [2.05, 4.69) is 15.1 Å². The quantitative estimate of drug-likeness (QED) is 0.572. The topological polar surface area (TPSA) is 67.2 Å². The molecule has 1 fully saturated rings. The first-order valence-electron chi connectivity index (χ1n) is 9.94. The Bertz CT molecular complexity index is 1150. The van der Waals surface area contributed by atoms with E-state index in [-0.39, 0.29) is 29.6 Å². The molecular formula is C21H20F4N6O. The van der Waals surface area contributed by atoms with Gasteiger partial charge in [0.05, 0.1) is 6.54 Å². The van der Waals surface area contributed by atoms with Crippen LogP contribution in [-0.4, -0.2) is 45.9 Å². The third-order valence-electron chi connectivity index (χ3n) is 5.14. The summed E-state index contributed by atoms with van der Waals surface area (Å²) in [6.07, 6.45) is -4.54.